The van der Waals surface area contributed by atoms with Gasteiger partial charge in [-0.05, 0) is 0 Å². The van der Waals surface area contributed by atoms with Crippen LogP contribution in [-0.4, -0.2) is 11.1 Å². The molecule has 316 valence electrons. The van der Waals surface area contributed by atoms with Crippen LogP contribution in [0.15, 0.2) is 41.4 Å². The normalized spacial score (nSPS) is 11.5. The summed E-state index contributed by atoms with van der Waals surface area (Å²) in [6.45, 7) is 0.672. The van der Waals surface area contributed by atoms with E-state index >= 15 is 35.1 Å². The van der Waals surface area contributed by atoms with Crippen molar-refractivity contribution in [2.24, 2.45) is 0 Å². The van der Waals surface area contributed by atoms with Crippen LogP contribution in [0.3, 0.4) is 0 Å². The molecule has 1 aromatic heterocycles. The number of aromatic nitrogens is 1. The maximum Gasteiger partial charge on any atom is 0.269 e. The highest BCUT2D eigenvalue weighted by Crippen LogP contribution is 2.30. The van der Waals surface area contributed by atoms with Gasteiger partial charge in [0.05, 0.1) is 10.3 Å². The topological polar surface area (TPSA) is 47.0 Å². The van der Waals surface area contributed by atoms with Crippen LogP contribution >= 0.6 is 11.3 Å². The average molecular weight is 900 g/mol. The highest BCUT2D eigenvalue weighted by Gasteiger charge is 2.52. The molecule has 0 fully saturated rings. The highest BCUT2D eigenvalue weighted by molar-refractivity contribution is 7.20. The molecule has 6 aromatic rings. The largest absolute Gasteiger partial charge is 0.269 e. The molecule has 0 unspecified atom stereocenters. The lowest BCUT2D eigenvalue weighted by atomic mass is 9.12. The summed E-state index contributed by atoms with van der Waals surface area (Å²) in [5.74, 6) is -71.4. The van der Waals surface area contributed by atoms with E-state index in [4.69, 9.17) is 0 Å². The van der Waals surface area contributed by atoms with Crippen molar-refractivity contribution in [1.82, 2.24) is 0 Å². The molecule has 26 heteroatoms. The van der Waals surface area contributed by atoms with E-state index in [1.165, 1.54) is 6.07 Å². The van der Waals surface area contributed by atoms with Gasteiger partial charge in [0.15, 0.2) is 82.5 Å². The molecule has 0 spiro atoms. The zero-order valence-electron chi connectivity index (χ0n) is 28.0. The van der Waals surface area contributed by atoms with Gasteiger partial charge in [-0.3, -0.25) is 10.1 Å². The minimum atomic E-state index is -7.22. The summed E-state index contributed by atoms with van der Waals surface area (Å²) in [7, 11) is 0. The molecule has 0 atom stereocenters. The van der Waals surface area contributed by atoms with Gasteiger partial charge in [0.2, 0.25) is 5.51 Å². The summed E-state index contributed by atoms with van der Waals surface area (Å²) in [5.41, 5.74) is -11.3. The number of nitro groups is 1. The number of rotatable bonds is 7. The Morgan fingerprint density at radius 2 is 0.750 bits per heavy atom. The van der Waals surface area contributed by atoms with E-state index in [1.54, 1.807) is 23.5 Å². The molecule has 0 saturated heterocycles. The number of nitrogens with zero attached hydrogens (tertiary/aromatic N) is 2. The molecule has 0 aliphatic carbocycles. The summed E-state index contributed by atoms with van der Waals surface area (Å²) >= 11 is 1.60. The molecule has 6 rings (SSSR count). The van der Waals surface area contributed by atoms with Crippen LogP contribution in [-0.2, 0) is 6.54 Å². The Morgan fingerprint density at radius 3 is 1.00 bits per heavy atom. The first-order valence-corrected chi connectivity index (χ1v) is 16.3. The maximum absolute atomic E-state index is 15.4. The monoisotopic (exact) mass is 900 g/mol. The number of hydrogen-bond donors (Lipinski definition) is 0. The number of hydrogen-bond acceptors (Lipinski definition) is 3. The molecule has 0 amide bonds. The van der Waals surface area contributed by atoms with E-state index in [-0.39, 0.29) is 10.6 Å². The van der Waals surface area contributed by atoms with Gasteiger partial charge in [0, 0.05) is 17.7 Å². The second-order valence-electron chi connectivity index (χ2n) is 11.9. The van der Waals surface area contributed by atoms with Crippen LogP contribution < -0.4 is 26.4 Å². The Labute approximate surface area is 322 Å². The molecule has 0 radical (unpaired) electrons. The maximum atomic E-state index is 15.4. The summed E-state index contributed by atoms with van der Waals surface area (Å²) in [5, 5.41) is 12.5. The second kappa shape index (κ2) is 16.4. The number of halogens is 20. The van der Waals surface area contributed by atoms with Crippen molar-refractivity contribution in [3.05, 3.63) is 173 Å². The first-order chi connectivity index (χ1) is 28.0. The smallest absolute Gasteiger partial charge is 0.258 e. The van der Waals surface area contributed by atoms with Gasteiger partial charge >= 0.3 is 0 Å². The average Bonchev–Trinajstić information content (AvgIpc) is 3.74. The van der Waals surface area contributed by atoms with Crippen LogP contribution in [0.2, 0.25) is 0 Å². The summed E-state index contributed by atoms with van der Waals surface area (Å²) in [6, 6.07) is 6.70. The predicted molar refractivity (Wildman–Crippen MR) is 166 cm³/mol. The van der Waals surface area contributed by atoms with Crippen LogP contribution in [0.4, 0.5) is 93.5 Å². The molecule has 0 saturated carbocycles. The molecule has 60 heavy (non-hydrogen) atoms. The third kappa shape index (κ3) is 6.94. The first kappa shape index (κ1) is 44.9. The highest BCUT2D eigenvalue weighted by atomic mass is 32.1. The molecule has 5 aromatic carbocycles. The van der Waals surface area contributed by atoms with Gasteiger partial charge in [-0.1, -0.05) is 23.5 Å². The lowest BCUT2D eigenvalue weighted by Crippen LogP contribution is -2.81. The molecule has 1 heterocycles. The fourth-order valence-corrected chi connectivity index (χ4v) is 6.80. The Hall–Kier alpha value is -6.21. The van der Waals surface area contributed by atoms with Crippen molar-refractivity contribution in [2.75, 3.05) is 0 Å². The molecular weight excluding hydrogens is 891 g/mol. The summed E-state index contributed by atoms with van der Waals surface area (Å²) < 4.78 is 296. The van der Waals surface area contributed by atoms with Crippen LogP contribution in [0.1, 0.15) is 5.56 Å². The van der Waals surface area contributed by atoms with Crippen molar-refractivity contribution in [3.63, 3.8) is 0 Å². The Kier molecular flexibility index (Phi) is 12.3. The zero-order chi connectivity index (χ0) is 45.0. The molecule has 0 aliphatic heterocycles. The van der Waals surface area contributed by atoms with Crippen molar-refractivity contribution >= 4 is 45.0 Å². The van der Waals surface area contributed by atoms with E-state index in [2.05, 4.69) is 0 Å². The Morgan fingerprint density at radius 1 is 0.467 bits per heavy atom. The fraction of sp³-hybridized carbons (Fsp3) is 0.0294. The van der Waals surface area contributed by atoms with Gasteiger partial charge in [0.25, 0.3) is 5.69 Å². The van der Waals surface area contributed by atoms with Gasteiger partial charge in [-0.25, -0.2) is 87.8 Å². The lowest BCUT2D eigenvalue weighted by Gasteiger charge is -2.44. The third-order valence-electron chi connectivity index (χ3n) is 8.72. The minimum Gasteiger partial charge on any atom is -0.258 e. The second-order valence-corrected chi connectivity index (χ2v) is 12.7. The fourth-order valence-electron chi connectivity index (χ4n) is 6.21. The van der Waals surface area contributed by atoms with Crippen LogP contribution in [0.5, 0.6) is 0 Å². The first-order valence-electron chi connectivity index (χ1n) is 15.3. The Bertz CT molecular complexity index is 2350. The van der Waals surface area contributed by atoms with Crippen molar-refractivity contribution in [1.29, 1.82) is 0 Å². The summed E-state index contributed by atoms with van der Waals surface area (Å²) in [4.78, 5) is 10.2. The van der Waals surface area contributed by atoms with Gasteiger partial charge < -0.3 is 0 Å². The number of non-ortho nitro benzene ring substituents is 1. The van der Waals surface area contributed by atoms with Crippen molar-refractivity contribution in [2.45, 2.75) is 6.54 Å². The van der Waals surface area contributed by atoms with Gasteiger partial charge in [-0.2, -0.15) is 4.57 Å². The SMILES string of the molecule is Fc1c(F)c(F)c([B-](c2c(F)c(F)c(F)c(F)c2F)(c2c(F)c(F)c(F)c(F)c2F)c2c(F)c(F)c(F)c(F)c2F)c(F)c1F.O=[N+]([O-])c1cccc(C[n+]2ccsc2)c1. The zero-order valence-corrected chi connectivity index (χ0v) is 28.8. The lowest BCUT2D eigenvalue weighted by molar-refractivity contribution is -0.683. The van der Waals surface area contributed by atoms with Crippen molar-refractivity contribution in [3.8, 4) is 0 Å². The molecule has 4 nitrogen and oxygen atoms in total. The standard InChI is InChI=1S/C24BF20.C10H9N2O2S/c26-5-1(6(27)14(35)21(42)13(5)34)25(2-7(28)15(36)22(43)16(37)8(2)29,3-9(30)17(38)23(44)18(39)10(3)31)4-11(32)19(40)24(45)20(41)12(4)33;13-12(14)10-3-1-2-9(6-10)7-11-4-5-15-8-11/h;1-6,8H,7H2/q-1;+1. The molecule has 0 bridgehead atoms. The van der Waals surface area contributed by atoms with Crippen molar-refractivity contribution < 1.29 is 97.3 Å². The van der Waals surface area contributed by atoms with E-state index in [0.29, 0.717) is 6.54 Å². The van der Waals surface area contributed by atoms with E-state index in [9.17, 15) is 62.8 Å². The number of nitro benzene ring substituents is 1. The van der Waals surface area contributed by atoms with Crippen LogP contribution in [0.25, 0.3) is 0 Å². The predicted octanol–water partition coefficient (Wildman–Crippen LogP) is 7.84. The van der Waals surface area contributed by atoms with E-state index < -0.39 is 144 Å². The third-order valence-corrected chi connectivity index (χ3v) is 9.39. The quantitative estimate of drug-likeness (QED) is 0.0312. The Balaban J connectivity index is 0.000000379. The minimum absolute atomic E-state index is 0.142. The molecule has 0 N–H and O–H groups in total. The summed E-state index contributed by atoms with van der Waals surface area (Å²) in [6.07, 6.45) is -5.27. The van der Waals surface area contributed by atoms with E-state index in [1.807, 2.05) is 27.7 Å². The van der Waals surface area contributed by atoms with Gasteiger partial charge in [0.1, 0.15) is 52.7 Å². The molecule has 0 aliphatic rings. The van der Waals surface area contributed by atoms with Crippen LogP contribution in [0, 0.1) is 126 Å². The number of benzene rings is 5. The number of thiazole rings is 1. The molecular formula is C34H9BF20N2O2S. The van der Waals surface area contributed by atoms with Gasteiger partial charge in [-0.15, -0.1) is 21.9 Å². The van der Waals surface area contributed by atoms with E-state index in [0.717, 1.165) is 5.56 Å².